The highest BCUT2D eigenvalue weighted by molar-refractivity contribution is 7.85. The molecule has 0 aliphatic heterocycles. The predicted molar refractivity (Wildman–Crippen MR) is 71.7 cm³/mol. The average molecular weight is 298 g/mol. The molecule has 1 aromatic carbocycles. The van der Waals surface area contributed by atoms with Crippen LogP contribution in [-0.2, 0) is 10.1 Å². The van der Waals surface area contributed by atoms with Gasteiger partial charge in [0.15, 0.2) is 10.1 Å². The van der Waals surface area contributed by atoms with Crippen LogP contribution in [0.1, 0.15) is 5.69 Å². The molecule has 9 heteroatoms. The molecule has 0 bridgehead atoms. The molecule has 0 aliphatic carbocycles. The average Bonchev–Trinajstić information content (AvgIpc) is 2.65. The molecule has 0 fully saturated rings. The van der Waals surface area contributed by atoms with E-state index in [0.29, 0.717) is 21.5 Å². The van der Waals surface area contributed by atoms with Crippen LogP contribution in [0, 0.1) is 6.92 Å². The molecule has 100 valence electrons. The molecule has 0 saturated heterocycles. The van der Waals surface area contributed by atoms with Crippen molar-refractivity contribution in [3.05, 3.63) is 30.0 Å². The van der Waals surface area contributed by atoms with Crippen LogP contribution >= 0.6 is 11.3 Å². The van der Waals surface area contributed by atoms with Gasteiger partial charge in [-0.05, 0) is 31.2 Å². The summed E-state index contributed by atoms with van der Waals surface area (Å²) in [5.41, 5.74) is 6.67. The molecule has 7 nitrogen and oxygen atoms in total. The lowest BCUT2D eigenvalue weighted by molar-refractivity contribution is 0.483. The second-order valence-corrected chi connectivity index (χ2v) is 6.04. The second-order valence-electron chi connectivity index (χ2n) is 3.61. The quantitative estimate of drug-likeness (QED) is 0.667. The third-order valence-electron chi connectivity index (χ3n) is 2.18. The largest absolute Gasteiger partial charge is 0.375 e. The van der Waals surface area contributed by atoms with E-state index < -0.39 is 10.1 Å². The summed E-state index contributed by atoms with van der Waals surface area (Å²) in [4.78, 5) is 3.81. The Morgan fingerprint density at radius 3 is 2.37 bits per heavy atom. The zero-order valence-electron chi connectivity index (χ0n) is 9.81. The first-order valence-electron chi connectivity index (χ1n) is 5.08. The van der Waals surface area contributed by atoms with E-state index in [-0.39, 0.29) is 4.90 Å². The monoisotopic (exact) mass is 298 g/mol. The molecule has 0 aliphatic rings. The lowest BCUT2D eigenvalue weighted by Gasteiger charge is -1.96. The van der Waals surface area contributed by atoms with E-state index in [0.717, 1.165) is 0 Å². The maximum absolute atomic E-state index is 10.9. The Balaban J connectivity index is 2.23. The topological polar surface area (TPSA) is 118 Å². The first-order chi connectivity index (χ1) is 8.86. The van der Waals surface area contributed by atoms with Crippen LogP contribution in [0.2, 0.25) is 0 Å². The maximum atomic E-state index is 10.9. The van der Waals surface area contributed by atoms with Crippen LogP contribution in [0.3, 0.4) is 0 Å². The first kappa shape index (κ1) is 13.6. The van der Waals surface area contributed by atoms with Crippen molar-refractivity contribution in [2.45, 2.75) is 11.8 Å². The molecule has 2 rings (SSSR count). The van der Waals surface area contributed by atoms with Crippen LogP contribution in [0.4, 0.5) is 15.8 Å². The van der Waals surface area contributed by atoms with Crippen LogP contribution in [-0.4, -0.2) is 18.0 Å². The van der Waals surface area contributed by atoms with Crippen molar-refractivity contribution in [1.29, 1.82) is 0 Å². The van der Waals surface area contributed by atoms with E-state index in [1.54, 1.807) is 6.92 Å². The van der Waals surface area contributed by atoms with Crippen LogP contribution in [0.15, 0.2) is 39.4 Å². The molecule has 2 aromatic rings. The number of hydrogen-bond donors (Lipinski definition) is 2. The van der Waals surface area contributed by atoms with E-state index in [4.69, 9.17) is 10.3 Å². The number of nitrogens with zero attached hydrogens (tertiary/aromatic N) is 3. The van der Waals surface area contributed by atoms with Crippen molar-refractivity contribution in [3.63, 3.8) is 0 Å². The van der Waals surface area contributed by atoms with Crippen LogP contribution < -0.4 is 5.73 Å². The number of azo groups is 1. The minimum Gasteiger partial charge on any atom is -0.375 e. The lowest BCUT2D eigenvalue weighted by Crippen LogP contribution is -1.96. The highest BCUT2D eigenvalue weighted by Gasteiger charge is 2.08. The number of hydrogen-bond acceptors (Lipinski definition) is 7. The number of nitrogen functional groups attached to an aromatic ring is 1. The molecular weight excluding hydrogens is 288 g/mol. The highest BCUT2D eigenvalue weighted by Crippen LogP contribution is 2.30. The third kappa shape index (κ3) is 3.34. The zero-order valence-corrected chi connectivity index (χ0v) is 11.4. The Bertz CT molecular complexity index is 720. The summed E-state index contributed by atoms with van der Waals surface area (Å²) in [5.74, 6) is 0. The number of nitrogens with two attached hydrogens (primary N) is 1. The summed E-state index contributed by atoms with van der Waals surface area (Å²) in [6, 6.07) is 5.37. The van der Waals surface area contributed by atoms with Gasteiger partial charge in [-0.1, -0.05) is 11.3 Å². The van der Waals surface area contributed by atoms with Gasteiger partial charge in [0.05, 0.1) is 16.3 Å². The molecule has 0 saturated carbocycles. The Hall–Kier alpha value is -1.84. The van der Waals surface area contributed by atoms with Crippen molar-refractivity contribution >= 4 is 37.3 Å². The Kier molecular flexibility index (Phi) is 3.60. The van der Waals surface area contributed by atoms with Crippen LogP contribution in [0.25, 0.3) is 0 Å². The van der Waals surface area contributed by atoms with Gasteiger partial charge in [0.1, 0.15) is 0 Å². The van der Waals surface area contributed by atoms with Gasteiger partial charge in [-0.3, -0.25) is 4.55 Å². The zero-order chi connectivity index (χ0) is 14.0. The van der Waals surface area contributed by atoms with Gasteiger partial charge in [-0.2, -0.15) is 8.42 Å². The van der Waals surface area contributed by atoms with Gasteiger partial charge < -0.3 is 5.73 Å². The van der Waals surface area contributed by atoms with E-state index in [1.807, 2.05) is 0 Å². The Morgan fingerprint density at radius 1 is 1.26 bits per heavy atom. The maximum Gasteiger partial charge on any atom is 0.294 e. The van der Waals surface area contributed by atoms with E-state index >= 15 is 0 Å². The molecule has 0 spiro atoms. The van der Waals surface area contributed by atoms with Crippen molar-refractivity contribution in [1.82, 2.24) is 4.98 Å². The molecule has 1 heterocycles. The summed E-state index contributed by atoms with van der Waals surface area (Å²) in [6.45, 7) is 1.77. The molecule has 3 N–H and O–H groups in total. The number of aromatic nitrogens is 1. The minimum absolute atomic E-state index is 0.190. The van der Waals surface area contributed by atoms with Crippen LogP contribution in [0.5, 0.6) is 0 Å². The number of benzene rings is 1. The Labute approximate surface area is 113 Å². The number of rotatable bonds is 3. The van der Waals surface area contributed by atoms with Crippen molar-refractivity contribution in [2.75, 3.05) is 5.73 Å². The molecule has 0 amide bonds. The minimum atomic E-state index is -4.19. The molecule has 0 unspecified atom stereocenters. The fourth-order valence-electron chi connectivity index (χ4n) is 1.29. The van der Waals surface area contributed by atoms with Gasteiger partial charge in [-0.25, -0.2) is 4.98 Å². The number of aryl methyl sites for hydroxylation is 1. The summed E-state index contributed by atoms with van der Waals surface area (Å²) in [5, 5.41) is 8.92. The fraction of sp³-hybridized carbons (Fsp3) is 0.100. The highest BCUT2D eigenvalue weighted by atomic mass is 32.2. The van der Waals surface area contributed by atoms with Crippen molar-refractivity contribution in [2.24, 2.45) is 10.2 Å². The third-order valence-corrected chi connectivity index (χ3v) is 3.92. The standard InChI is InChI=1S/C10H10N4O3S2/c1-6-9(18-10(11)12-6)14-13-7-2-4-8(5-3-7)19(15,16)17/h2-5H,1H3,(H2,11,12)(H,15,16,17). The first-order valence-corrected chi connectivity index (χ1v) is 7.34. The van der Waals surface area contributed by atoms with Gasteiger partial charge in [0.25, 0.3) is 10.1 Å². The summed E-state index contributed by atoms with van der Waals surface area (Å²) in [7, 11) is -4.19. The summed E-state index contributed by atoms with van der Waals surface area (Å²) >= 11 is 1.21. The van der Waals surface area contributed by atoms with Crippen molar-refractivity contribution < 1.29 is 13.0 Å². The summed E-state index contributed by atoms with van der Waals surface area (Å²) < 4.78 is 30.5. The van der Waals surface area contributed by atoms with Gasteiger partial charge in [0, 0.05) is 0 Å². The predicted octanol–water partition coefficient (Wildman–Crippen LogP) is 2.70. The van der Waals surface area contributed by atoms with Gasteiger partial charge in [0.2, 0.25) is 0 Å². The molecule has 1 aromatic heterocycles. The molecule has 0 atom stereocenters. The smallest absolute Gasteiger partial charge is 0.294 e. The number of anilines is 1. The van der Waals surface area contributed by atoms with E-state index in [1.165, 1.54) is 35.6 Å². The lowest BCUT2D eigenvalue weighted by atomic mass is 10.3. The SMILES string of the molecule is Cc1nc(N)sc1N=Nc1ccc(S(=O)(=O)O)cc1. The number of thiazole rings is 1. The van der Waals surface area contributed by atoms with Gasteiger partial charge in [-0.15, -0.1) is 10.2 Å². The van der Waals surface area contributed by atoms with Crippen molar-refractivity contribution in [3.8, 4) is 0 Å². The van der Waals surface area contributed by atoms with E-state index in [9.17, 15) is 8.42 Å². The van der Waals surface area contributed by atoms with E-state index in [2.05, 4.69) is 15.2 Å². The Morgan fingerprint density at radius 2 is 1.89 bits per heavy atom. The molecule has 0 radical (unpaired) electrons. The molecule has 19 heavy (non-hydrogen) atoms. The van der Waals surface area contributed by atoms with Gasteiger partial charge >= 0.3 is 0 Å². The fourth-order valence-corrected chi connectivity index (χ4v) is 2.43. The molecular formula is C10H10N4O3S2. The summed E-state index contributed by atoms with van der Waals surface area (Å²) in [6.07, 6.45) is 0. The normalized spacial score (nSPS) is 12.1. The second kappa shape index (κ2) is 5.03.